The summed E-state index contributed by atoms with van der Waals surface area (Å²) in [5.74, 6) is 0. The lowest BCUT2D eigenvalue weighted by molar-refractivity contribution is 0.112. The summed E-state index contributed by atoms with van der Waals surface area (Å²) in [6.07, 6.45) is 0.649. The maximum absolute atomic E-state index is 9.12. The molecule has 0 aromatic rings. The minimum Gasteiger partial charge on any atom is -0.393 e. The normalized spacial score (nSPS) is 26.8. The predicted molar refractivity (Wildman–Crippen MR) is 63.1 cm³/mol. The molecule has 1 fully saturated rings. The molecular formula is C11H25N3O. The average molecular weight is 215 g/mol. The van der Waals surface area contributed by atoms with Crippen LogP contribution in [0.25, 0.3) is 0 Å². The van der Waals surface area contributed by atoms with Gasteiger partial charge in [-0.1, -0.05) is 0 Å². The summed E-state index contributed by atoms with van der Waals surface area (Å²) in [5.41, 5.74) is 0. The molecule has 0 amide bonds. The van der Waals surface area contributed by atoms with Gasteiger partial charge in [0.25, 0.3) is 0 Å². The summed E-state index contributed by atoms with van der Waals surface area (Å²) in [6.45, 7) is 7.22. The molecule has 1 rings (SSSR count). The van der Waals surface area contributed by atoms with Crippen LogP contribution in [-0.2, 0) is 0 Å². The van der Waals surface area contributed by atoms with Crippen LogP contribution in [0.15, 0.2) is 0 Å². The molecule has 4 nitrogen and oxygen atoms in total. The average Bonchev–Trinajstić information content (AvgIpc) is 2.17. The summed E-state index contributed by atoms with van der Waals surface area (Å²) in [4.78, 5) is 4.79. The largest absolute Gasteiger partial charge is 0.393 e. The molecule has 0 spiro atoms. The first-order chi connectivity index (χ1) is 7.09. The molecule has 1 aliphatic heterocycles. The van der Waals surface area contributed by atoms with Crippen LogP contribution in [-0.4, -0.2) is 73.9 Å². The fourth-order valence-electron chi connectivity index (χ4n) is 1.90. The van der Waals surface area contributed by atoms with E-state index in [1.54, 1.807) is 0 Å². The van der Waals surface area contributed by atoms with E-state index in [-0.39, 0.29) is 6.10 Å². The molecule has 1 aliphatic rings. The van der Waals surface area contributed by atoms with Crippen LogP contribution >= 0.6 is 0 Å². The number of nitrogens with zero attached hydrogens (tertiary/aromatic N) is 2. The Morgan fingerprint density at radius 2 is 2.13 bits per heavy atom. The van der Waals surface area contributed by atoms with Gasteiger partial charge < -0.3 is 15.3 Å². The first-order valence-electron chi connectivity index (χ1n) is 5.87. The van der Waals surface area contributed by atoms with E-state index < -0.39 is 0 Å². The SMILES string of the molecule is CC(O)CCNCC1CN(C)CCN1C. The standard InChI is InChI=1S/C11H25N3O/c1-10(15)4-5-12-8-11-9-13(2)6-7-14(11)3/h10-12,15H,4-9H2,1-3H3. The first kappa shape index (κ1) is 12.9. The second kappa shape index (κ2) is 6.43. The van der Waals surface area contributed by atoms with Gasteiger partial charge >= 0.3 is 0 Å². The number of likely N-dealkylation sites (N-methyl/N-ethyl adjacent to an activating group) is 2. The predicted octanol–water partition coefficient (Wildman–Crippen LogP) is -0.407. The molecule has 1 saturated heterocycles. The highest BCUT2D eigenvalue weighted by molar-refractivity contribution is 4.80. The molecule has 0 saturated carbocycles. The Labute approximate surface area is 93.2 Å². The van der Waals surface area contributed by atoms with E-state index in [2.05, 4.69) is 29.2 Å². The summed E-state index contributed by atoms with van der Waals surface area (Å²) in [5, 5.41) is 12.5. The summed E-state index contributed by atoms with van der Waals surface area (Å²) < 4.78 is 0. The van der Waals surface area contributed by atoms with Gasteiger partial charge in [0, 0.05) is 32.2 Å². The third-order valence-electron chi connectivity index (χ3n) is 3.10. The van der Waals surface area contributed by atoms with Gasteiger partial charge in [0.15, 0.2) is 0 Å². The Hall–Kier alpha value is -0.160. The minimum atomic E-state index is -0.191. The zero-order chi connectivity index (χ0) is 11.3. The van der Waals surface area contributed by atoms with Gasteiger partial charge in [-0.05, 0) is 34.0 Å². The molecule has 2 unspecified atom stereocenters. The van der Waals surface area contributed by atoms with E-state index in [1.165, 1.54) is 6.54 Å². The topological polar surface area (TPSA) is 38.7 Å². The van der Waals surface area contributed by atoms with Crippen molar-refractivity contribution in [2.24, 2.45) is 0 Å². The molecule has 0 bridgehead atoms. The number of nitrogens with one attached hydrogen (secondary N) is 1. The number of rotatable bonds is 5. The van der Waals surface area contributed by atoms with E-state index in [4.69, 9.17) is 5.11 Å². The lowest BCUT2D eigenvalue weighted by Gasteiger charge is -2.37. The second-order valence-corrected chi connectivity index (χ2v) is 4.74. The highest BCUT2D eigenvalue weighted by Crippen LogP contribution is 2.04. The van der Waals surface area contributed by atoms with Crippen molar-refractivity contribution in [2.45, 2.75) is 25.5 Å². The van der Waals surface area contributed by atoms with E-state index in [0.717, 1.165) is 32.6 Å². The molecule has 4 heteroatoms. The fraction of sp³-hybridized carbons (Fsp3) is 1.00. The zero-order valence-corrected chi connectivity index (χ0v) is 10.2. The highest BCUT2D eigenvalue weighted by Gasteiger charge is 2.21. The Morgan fingerprint density at radius 1 is 1.40 bits per heavy atom. The second-order valence-electron chi connectivity index (χ2n) is 4.74. The number of piperazine rings is 1. The van der Waals surface area contributed by atoms with Crippen molar-refractivity contribution in [2.75, 3.05) is 46.8 Å². The van der Waals surface area contributed by atoms with Gasteiger partial charge in [0.2, 0.25) is 0 Å². The lowest BCUT2D eigenvalue weighted by atomic mass is 10.2. The summed E-state index contributed by atoms with van der Waals surface area (Å²) in [6, 6.07) is 0.609. The van der Waals surface area contributed by atoms with E-state index >= 15 is 0 Å². The van der Waals surface area contributed by atoms with E-state index in [9.17, 15) is 0 Å². The number of hydrogen-bond acceptors (Lipinski definition) is 4. The fourth-order valence-corrected chi connectivity index (χ4v) is 1.90. The Kier molecular flexibility index (Phi) is 5.53. The van der Waals surface area contributed by atoms with E-state index in [0.29, 0.717) is 6.04 Å². The van der Waals surface area contributed by atoms with Crippen molar-refractivity contribution in [1.29, 1.82) is 0 Å². The maximum atomic E-state index is 9.12. The Morgan fingerprint density at radius 3 is 2.80 bits per heavy atom. The highest BCUT2D eigenvalue weighted by atomic mass is 16.3. The van der Waals surface area contributed by atoms with Gasteiger partial charge in [-0.15, -0.1) is 0 Å². The van der Waals surface area contributed by atoms with Gasteiger partial charge in [-0.2, -0.15) is 0 Å². The van der Waals surface area contributed by atoms with Crippen LogP contribution in [0.1, 0.15) is 13.3 Å². The van der Waals surface area contributed by atoms with Crippen molar-refractivity contribution in [1.82, 2.24) is 15.1 Å². The Bertz CT molecular complexity index is 175. The minimum absolute atomic E-state index is 0.191. The molecule has 15 heavy (non-hydrogen) atoms. The quantitative estimate of drug-likeness (QED) is 0.612. The molecule has 0 aliphatic carbocycles. The maximum Gasteiger partial charge on any atom is 0.0524 e. The Balaban J connectivity index is 2.13. The number of aliphatic hydroxyl groups excluding tert-OH is 1. The summed E-state index contributed by atoms with van der Waals surface area (Å²) >= 11 is 0. The molecule has 1 heterocycles. The lowest BCUT2D eigenvalue weighted by Crippen LogP contribution is -2.53. The van der Waals surface area contributed by atoms with Crippen molar-refractivity contribution in [3.8, 4) is 0 Å². The van der Waals surface area contributed by atoms with Crippen molar-refractivity contribution in [3.05, 3.63) is 0 Å². The molecule has 0 radical (unpaired) electrons. The number of aliphatic hydroxyl groups is 1. The molecule has 90 valence electrons. The van der Waals surface area contributed by atoms with Gasteiger partial charge in [-0.25, -0.2) is 0 Å². The smallest absolute Gasteiger partial charge is 0.0524 e. The van der Waals surface area contributed by atoms with Crippen LogP contribution in [0.2, 0.25) is 0 Å². The molecule has 2 N–H and O–H groups in total. The van der Waals surface area contributed by atoms with Crippen LogP contribution in [0.4, 0.5) is 0 Å². The van der Waals surface area contributed by atoms with Gasteiger partial charge in [0.05, 0.1) is 6.10 Å². The molecule has 2 atom stereocenters. The van der Waals surface area contributed by atoms with Crippen LogP contribution in [0.5, 0.6) is 0 Å². The van der Waals surface area contributed by atoms with Crippen LogP contribution in [0.3, 0.4) is 0 Å². The molecule has 0 aromatic heterocycles. The molecular weight excluding hydrogens is 190 g/mol. The van der Waals surface area contributed by atoms with Crippen LogP contribution in [0, 0.1) is 0 Å². The first-order valence-corrected chi connectivity index (χ1v) is 5.87. The van der Waals surface area contributed by atoms with Gasteiger partial charge in [-0.3, -0.25) is 4.90 Å². The molecule has 0 aromatic carbocycles. The van der Waals surface area contributed by atoms with Gasteiger partial charge in [0.1, 0.15) is 0 Å². The third kappa shape index (κ3) is 4.93. The van der Waals surface area contributed by atoms with E-state index in [1.807, 2.05) is 6.92 Å². The zero-order valence-electron chi connectivity index (χ0n) is 10.2. The third-order valence-corrected chi connectivity index (χ3v) is 3.10. The van der Waals surface area contributed by atoms with Crippen LogP contribution < -0.4 is 5.32 Å². The van der Waals surface area contributed by atoms with Crippen molar-refractivity contribution < 1.29 is 5.11 Å². The van der Waals surface area contributed by atoms with Crippen molar-refractivity contribution >= 4 is 0 Å². The monoisotopic (exact) mass is 215 g/mol. The van der Waals surface area contributed by atoms with Crippen molar-refractivity contribution in [3.63, 3.8) is 0 Å². The number of hydrogen-bond donors (Lipinski definition) is 2. The summed E-state index contributed by atoms with van der Waals surface area (Å²) in [7, 11) is 4.36.